The van der Waals surface area contributed by atoms with Gasteiger partial charge in [0.05, 0.1) is 15.9 Å². The van der Waals surface area contributed by atoms with Crippen LogP contribution in [0.15, 0.2) is 4.47 Å². The molecule has 0 spiro atoms. The molecular weight excluding hydrogens is 292 g/mol. The van der Waals surface area contributed by atoms with E-state index >= 15 is 0 Å². The van der Waals surface area contributed by atoms with E-state index in [4.69, 9.17) is 0 Å². The van der Waals surface area contributed by atoms with Crippen LogP contribution in [0.1, 0.15) is 31.2 Å². The van der Waals surface area contributed by atoms with Crippen LogP contribution < -0.4 is 5.32 Å². The van der Waals surface area contributed by atoms with Gasteiger partial charge in [-0.25, -0.2) is 0 Å². The zero-order chi connectivity index (χ0) is 13.1. The third kappa shape index (κ3) is 2.95. The molecule has 2 rings (SSSR count). The van der Waals surface area contributed by atoms with Crippen LogP contribution in [0.4, 0.5) is 0 Å². The standard InChI is InChI=1S/C13H23BrN4/c1-4-18-12(13(14)10(2)16-18)9-17(3)11-6-5-7-15-8-11/h11,15H,4-9H2,1-3H3. The number of rotatable bonds is 4. The molecule has 102 valence electrons. The van der Waals surface area contributed by atoms with E-state index in [0.717, 1.165) is 25.3 Å². The van der Waals surface area contributed by atoms with Crippen molar-refractivity contribution in [2.45, 2.75) is 45.8 Å². The summed E-state index contributed by atoms with van der Waals surface area (Å²) >= 11 is 3.67. The van der Waals surface area contributed by atoms with Gasteiger partial charge in [0, 0.05) is 25.7 Å². The maximum atomic E-state index is 4.55. The van der Waals surface area contributed by atoms with Crippen LogP contribution in [-0.2, 0) is 13.1 Å². The lowest BCUT2D eigenvalue weighted by molar-refractivity contribution is 0.191. The maximum absolute atomic E-state index is 4.55. The van der Waals surface area contributed by atoms with Crippen molar-refractivity contribution in [2.24, 2.45) is 0 Å². The van der Waals surface area contributed by atoms with Crippen LogP contribution in [0.25, 0.3) is 0 Å². The van der Waals surface area contributed by atoms with Crippen molar-refractivity contribution in [2.75, 3.05) is 20.1 Å². The van der Waals surface area contributed by atoms with Crippen molar-refractivity contribution in [3.63, 3.8) is 0 Å². The molecule has 1 aliphatic rings. The number of hydrogen-bond donors (Lipinski definition) is 1. The molecular formula is C13H23BrN4. The van der Waals surface area contributed by atoms with Crippen molar-refractivity contribution in [1.82, 2.24) is 20.0 Å². The third-order valence-electron chi connectivity index (χ3n) is 3.75. The van der Waals surface area contributed by atoms with E-state index in [-0.39, 0.29) is 0 Å². The topological polar surface area (TPSA) is 33.1 Å². The summed E-state index contributed by atoms with van der Waals surface area (Å²) in [6, 6.07) is 0.645. The van der Waals surface area contributed by atoms with Gasteiger partial charge in [-0.3, -0.25) is 9.58 Å². The Morgan fingerprint density at radius 2 is 2.33 bits per heavy atom. The molecule has 0 amide bonds. The maximum Gasteiger partial charge on any atom is 0.0739 e. The number of nitrogens with one attached hydrogen (secondary N) is 1. The minimum absolute atomic E-state index is 0.645. The summed E-state index contributed by atoms with van der Waals surface area (Å²) in [5, 5.41) is 8.03. The molecule has 1 aromatic rings. The molecule has 1 saturated heterocycles. The van der Waals surface area contributed by atoms with Crippen molar-refractivity contribution in [3.05, 3.63) is 15.9 Å². The van der Waals surface area contributed by atoms with Gasteiger partial charge in [0.2, 0.25) is 0 Å². The highest BCUT2D eigenvalue weighted by Crippen LogP contribution is 2.23. The Kier molecular flexibility index (Phi) is 4.81. The van der Waals surface area contributed by atoms with Gasteiger partial charge in [-0.05, 0) is 56.2 Å². The van der Waals surface area contributed by atoms with Gasteiger partial charge in [0.25, 0.3) is 0 Å². The molecule has 4 nitrogen and oxygen atoms in total. The highest BCUT2D eigenvalue weighted by atomic mass is 79.9. The van der Waals surface area contributed by atoms with Gasteiger partial charge < -0.3 is 5.32 Å². The van der Waals surface area contributed by atoms with Crippen LogP contribution in [0.5, 0.6) is 0 Å². The second-order valence-corrected chi connectivity index (χ2v) is 5.87. The van der Waals surface area contributed by atoms with E-state index in [2.05, 4.69) is 56.8 Å². The van der Waals surface area contributed by atoms with Gasteiger partial charge >= 0.3 is 0 Å². The van der Waals surface area contributed by atoms with Gasteiger partial charge in [-0.15, -0.1) is 0 Å². The first kappa shape index (κ1) is 14.0. The average molecular weight is 315 g/mol. The molecule has 18 heavy (non-hydrogen) atoms. The fraction of sp³-hybridized carbons (Fsp3) is 0.769. The largest absolute Gasteiger partial charge is 0.315 e. The summed E-state index contributed by atoms with van der Waals surface area (Å²) < 4.78 is 3.27. The van der Waals surface area contributed by atoms with Gasteiger partial charge in [0.1, 0.15) is 0 Å². The van der Waals surface area contributed by atoms with E-state index in [1.165, 1.54) is 29.6 Å². The molecule has 1 fully saturated rings. The minimum Gasteiger partial charge on any atom is -0.315 e. The van der Waals surface area contributed by atoms with Crippen molar-refractivity contribution < 1.29 is 0 Å². The van der Waals surface area contributed by atoms with E-state index in [9.17, 15) is 0 Å². The Morgan fingerprint density at radius 1 is 1.56 bits per heavy atom. The molecule has 2 heterocycles. The monoisotopic (exact) mass is 314 g/mol. The number of nitrogens with zero attached hydrogens (tertiary/aromatic N) is 3. The van der Waals surface area contributed by atoms with Crippen molar-refractivity contribution in [1.29, 1.82) is 0 Å². The van der Waals surface area contributed by atoms with E-state index in [1.807, 2.05) is 0 Å². The van der Waals surface area contributed by atoms with Crippen LogP contribution in [0.2, 0.25) is 0 Å². The molecule has 5 heteroatoms. The fourth-order valence-electron chi connectivity index (χ4n) is 2.60. The first-order valence-corrected chi connectivity index (χ1v) is 7.55. The lowest BCUT2D eigenvalue weighted by atomic mass is 10.1. The highest BCUT2D eigenvalue weighted by Gasteiger charge is 2.21. The smallest absolute Gasteiger partial charge is 0.0739 e. The molecule has 0 radical (unpaired) electrons. The molecule has 0 saturated carbocycles. The number of halogens is 1. The lowest BCUT2D eigenvalue weighted by Crippen LogP contribution is -2.44. The van der Waals surface area contributed by atoms with Crippen LogP contribution >= 0.6 is 15.9 Å². The van der Waals surface area contributed by atoms with E-state index in [0.29, 0.717) is 6.04 Å². The normalized spacial score (nSPS) is 20.6. The summed E-state index contributed by atoms with van der Waals surface area (Å²) in [5.41, 5.74) is 2.38. The molecule has 1 aromatic heterocycles. The summed E-state index contributed by atoms with van der Waals surface area (Å²) in [4.78, 5) is 2.44. The number of aryl methyl sites for hydroxylation is 2. The zero-order valence-corrected chi connectivity index (χ0v) is 13.1. The fourth-order valence-corrected chi connectivity index (χ4v) is 3.00. The van der Waals surface area contributed by atoms with Crippen LogP contribution in [0, 0.1) is 6.92 Å². The predicted octanol–water partition coefficient (Wildman–Crippen LogP) is 2.16. The Labute approximate surface area is 118 Å². The summed E-state index contributed by atoms with van der Waals surface area (Å²) in [6.07, 6.45) is 2.57. The lowest BCUT2D eigenvalue weighted by Gasteiger charge is -2.31. The molecule has 0 bridgehead atoms. The SMILES string of the molecule is CCn1nc(C)c(Br)c1CN(C)C1CCCNC1. The first-order valence-electron chi connectivity index (χ1n) is 6.76. The van der Waals surface area contributed by atoms with Gasteiger partial charge in [-0.1, -0.05) is 0 Å². The van der Waals surface area contributed by atoms with Crippen molar-refractivity contribution >= 4 is 15.9 Å². The zero-order valence-electron chi connectivity index (χ0n) is 11.5. The summed E-state index contributed by atoms with van der Waals surface area (Å²) in [6.45, 7) is 8.36. The molecule has 0 aliphatic carbocycles. The quantitative estimate of drug-likeness (QED) is 0.924. The third-order valence-corrected chi connectivity index (χ3v) is 4.78. The average Bonchev–Trinajstić information content (AvgIpc) is 2.67. The van der Waals surface area contributed by atoms with E-state index in [1.54, 1.807) is 0 Å². The molecule has 1 N–H and O–H groups in total. The number of hydrogen-bond acceptors (Lipinski definition) is 3. The number of piperidine rings is 1. The van der Waals surface area contributed by atoms with E-state index < -0.39 is 0 Å². The van der Waals surface area contributed by atoms with Crippen LogP contribution in [-0.4, -0.2) is 40.9 Å². The van der Waals surface area contributed by atoms with Gasteiger partial charge in [-0.2, -0.15) is 5.10 Å². The molecule has 0 aromatic carbocycles. The summed E-state index contributed by atoms with van der Waals surface area (Å²) in [5.74, 6) is 0. The first-order chi connectivity index (χ1) is 8.63. The van der Waals surface area contributed by atoms with Crippen molar-refractivity contribution in [3.8, 4) is 0 Å². The highest BCUT2D eigenvalue weighted by molar-refractivity contribution is 9.10. The second-order valence-electron chi connectivity index (χ2n) is 5.08. The Hall–Kier alpha value is -0.390. The predicted molar refractivity (Wildman–Crippen MR) is 77.7 cm³/mol. The molecule has 1 unspecified atom stereocenters. The molecule has 1 atom stereocenters. The van der Waals surface area contributed by atoms with Gasteiger partial charge in [0.15, 0.2) is 0 Å². The number of likely N-dealkylation sites (N-methyl/N-ethyl adjacent to an activating group) is 1. The number of aromatic nitrogens is 2. The Morgan fingerprint density at radius 3 is 2.94 bits per heavy atom. The summed E-state index contributed by atoms with van der Waals surface area (Å²) in [7, 11) is 2.21. The van der Waals surface area contributed by atoms with Crippen LogP contribution in [0.3, 0.4) is 0 Å². The second kappa shape index (κ2) is 6.17. The Bertz CT molecular complexity index is 396. The minimum atomic E-state index is 0.645. The Balaban J connectivity index is 2.08. The molecule has 1 aliphatic heterocycles.